The molecule has 0 aliphatic carbocycles. The fraction of sp³-hybridized carbons (Fsp3) is 0.290. The highest BCUT2D eigenvalue weighted by Gasteiger charge is 2.27. The van der Waals surface area contributed by atoms with E-state index in [0.717, 1.165) is 58.2 Å². The molecule has 0 amide bonds. The highest BCUT2D eigenvalue weighted by Crippen LogP contribution is 2.39. The topological polar surface area (TPSA) is 69.3 Å². The number of fused-ring (bicyclic) bond motifs is 3. The fourth-order valence-electron chi connectivity index (χ4n) is 5.94. The number of hydrogen-bond donors (Lipinski definition) is 1. The third-order valence-electron chi connectivity index (χ3n) is 7.75. The Balaban J connectivity index is 1.56. The Bertz CT molecular complexity index is 1640. The van der Waals surface area contributed by atoms with Crippen molar-refractivity contribution in [1.82, 2.24) is 14.3 Å². The molecular formula is C31H31N3O3. The van der Waals surface area contributed by atoms with Crippen LogP contribution in [0.15, 0.2) is 60.7 Å². The van der Waals surface area contributed by atoms with Crippen molar-refractivity contribution in [2.45, 2.75) is 45.8 Å². The van der Waals surface area contributed by atoms with Gasteiger partial charge < -0.3 is 14.4 Å². The van der Waals surface area contributed by atoms with Crippen molar-refractivity contribution < 1.29 is 14.6 Å². The van der Waals surface area contributed by atoms with Crippen molar-refractivity contribution in [1.29, 1.82) is 0 Å². The smallest absolute Gasteiger partial charge is 0.352 e. The van der Waals surface area contributed by atoms with Crippen LogP contribution >= 0.6 is 0 Å². The van der Waals surface area contributed by atoms with E-state index in [1.165, 1.54) is 16.3 Å². The van der Waals surface area contributed by atoms with Crippen LogP contribution in [-0.2, 0) is 37.8 Å². The molecule has 0 saturated carbocycles. The van der Waals surface area contributed by atoms with Crippen LogP contribution < -0.4 is 0 Å². The lowest BCUT2D eigenvalue weighted by Crippen LogP contribution is -2.12. The van der Waals surface area contributed by atoms with Crippen molar-refractivity contribution in [2.24, 2.45) is 7.05 Å². The molecule has 3 aromatic carbocycles. The summed E-state index contributed by atoms with van der Waals surface area (Å²) in [5.74, 6) is -0.871. The Morgan fingerprint density at radius 3 is 2.65 bits per heavy atom. The number of carbonyl (C=O) groups is 1. The van der Waals surface area contributed by atoms with E-state index < -0.39 is 5.97 Å². The van der Waals surface area contributed by atoms with E-state index in [-0.39, 0.29) is 0 Å². The highest BCUT2D eigenvalue weighted by molar-refractivity contribution is 6.04. The van der Waals surface area contributed by atoms with Gasteiger partial charge in [0.2, 0.25) is 0 Å². The molecular weight excluding hydrogens is 462 g/mol. The molecule has 2 aromatic heterocycles. The van der Waals surface area contributed by atoms with Crippen LogP contribution in [0.5, 0.6) is 0 Å². The first-order valence-electron chi connectivity index (χ1n) is 13.0. The number of carboxylic acids is 1. The molecule has 3 heterocycles. The molecule has 0 fully saturated rings. The summed E-state index contributed by atoms with van der Waals surface area (Å²) < 4.78 is 9.90. The van der Waals surface area contributed by atoms with Crippen LogP contribution in [0.3, 0.4) is 0 Å². The van der Waals surface area contributed by atoms with Crippen LogP contribution in [0, 0.1) is 6.92 Å². The molecule has 0 bridgehead atoms. The Morgan fingerprint density at radius 2 is 1.78 bits per heavy atom. The maximum Gasteiger partial charge on any atom is 0.352 e. The van der Waals surface area contributed by atoms with Gasteiger partial charge in [-0.3, -0.25) is 4.68 Å². The molecule has 188 valence electrons. The quantitative estimate of drug-likeness (QED) is 0.319. The normalized spacial score (nSPS) is 14.0. The lowest BCUT2D eigenvalue weighted by atomic mass is 9.95. The third kappa shape index (κ3) is 4.02. The molecule has 37 heavy (non-hydrogen) atoms. The average Bonchev–Trinajstić information content (AvgIpc) is 3.36. The zero-order valence-electron chi connectivity index (χ0n) is 21.3. The standard InChI is InChI=1S/C31H31N3O3/c1-20-28-26-14-8-13-24-25(16-15-22-11-7-10-21-9-3-4-12-23(21)22)30(31(35)36)34(29(24)26)17-5-6-18-37-19-27(28)32-33(20)2/h3-4,7-14H,5-6,15-19H2,1-2H3,(H,35,36). The largest absolute Gasteiger partial charge is 0.477 e. The van der Waals surface area contributed by atoms with E-state index in [4.69, 9.17) is 9.84 Å². The predicted octanol–water partition coefficient (Wildman–Crippen LogP) is 6.30. The summed E-state index contributed by atoms with van der Waals surface area (Å²) in [6, 6.07) is 21.0. The second-order valence-electron chi connectivity index (χ2n) is 9.91. The van der Waals surface area contributed by atoms with E-state index in [1.54, 1.807) is 0 Å². The highest BCUT2D eigenvalue weighted by atomic mass is 16.5. The van der Waals surface area contributed by atoms with Gasteiger partial charge in [0.05, 0.1) is 17.8 Å². The van der Waals surface area contributed by atoms with Gasteiger partial charge >= 0.3 is 5.97 Å². The summed E-state index contributed by atoms with van der Waals surface area (Å²) in [5.41, 5.74) is 7.58. The van der Waals surface area contributed by atoms with Gasteiger partial charge in [-0.05, 0) is 54.5 Å². The van der Waals surface area contributed by atoms with Crippen LogP contribution in [0.4, 0.5) is 0 Å². The second-order valence-corrected chi connectivity index (χ2v) is 9.91. The first kappa shape index (κ1) is 23.5. The molecule has 0 atom stereocenters. The van der Waals surface area contributed by atoms with Crippen molar-refractivity contribution in [3.05, 3.63) is 88.9 Å². The molecule has 1 aliphatic heterocycles. The van der Waals surface area contributed by atoms with Crippen molar-refractivity contribution in [3.63, 3.8) is 0 Å². The molecule has 0 spiro atoms. The number of aromatic carboxylic acids is 1. The summed E-state index contributed by atoms with van der Waals surface area (Å²) >= 11 is 0. The average molecular weight is 494 g/mol. The molecule has 0 saturated heterocycles. The van der Waals surface area contributed by atoms with Gasteiger partial charge in [0.15, 0.2) is 0 Å². The van der Waals surface area contributed by atoms with Gasteiger partial charge in [0, 0.05) is 42.4 Å². The minimum absolute atomic E-state index is 0.408. The number of benzene rings is 3. The summed E-state index contributed by atoms with van der Waals surface area (Å²) in [5, 5.41) is 18.7. The zero-order chi connectivity index (χ0) is 25.5. The SMILES string of the molecule is Cc1c2c(nn1C)COCCCCn1c(C(=O)O)c(CCc3cccc4ccccc34)c3cccc-2c31. The van der Waals surface area contributed by atoms with E-state index in [1.807, 2.05) is 22.4 Å². The minimum atomic E-state index is -0.871. The number of para-hydroxylation sites is 1. The number of carboxylic acid groups (broad SMARTS) is 1. The first-order chi connectivity index (χ1) is 18.0. The van der Waals surface area contributed by atoms with Crippen LogP contribution in [0.25, 0.3) is 32.8 Å². The molecule has 1 aliphatic rings. The van der Waals surface area contributed by atoms with Gasteiger partial charge in [0.1, 0.15) is 5.69 Å². The summed E-state index contributed by atoms with van der Waals surface area (Å²) in [7, 11) is 1.95. The number of aromatic nitrogens is 3. The number of rotatable bonds is 4. The van der Waals surface area contributed by atoms with E-state index >= 15 is 0 Å². The van der Waals surface area contributed by atoms with Gasteiger partial charge in [-0.1, -0.05) is 60.7 Å². The number of hydrogen-bond acceptors (Lipinski definition) is 3. The summed E-state index contributed by atoms with van der Waals surface area (Å²) in [6.07, 6.45) is 3.15. The van der Waals surface area contributed by atoms with Crippen molar-refractivity contribution in [3.8, 4) is 11.1 Å². The summed E-state index contributed by atoms with van der Waals surface area (Å²) in [4.78, 5) is 12.8. The Morgan fingerprint density at radius 1 is 1.00 bits per heavy atom. The minimum Gasteiger partial charge on any atom is -0.477 e. The number of ether oxygens (including phenoxy) is 1. The van der Waals surface area contributed by atoms with Gasteiger partial charge in [0.25, 0.3) is 0 Å². The number of aryl methyl sites for hydroxylation is 4. The fourth-order valence-corrected chi connectivity index (χ4v) is 5.94. The summed E-state index contributed by atoms with van der Waals surface area (Å²) in [6.45, 7) is 3.79. The van der Waals surface area contributed by atoms with Gasteiger partial charge in [-0.2, -0.15) is 5.10 Å². The Labute approximate surface area is 216 Å². The van der Waals surface area contributed by atoms with Gasteiger partial charge in [-0.25, -0.2) is 4.79 Å². The second kappa shape index (κ2) is 9.52. The number of nitrogens with zero attached hydrogens (tertiary/aromatic N) is 3. The lowest BCUT2D eigenvalue weighted by molar-refractivity contribution is 0.0684. The van der Waals surface area contributed by atoms with Crippen LogP contribution in [-0.4, -0.2) is 32.0 Å². The molecule has 6 nitrogen and oxygen atoms in total. The maximum atomic E-state index is 12.8. The van der Waals surface area contributed by atoms with Gasteiger partial charge in [-0.15, -0.1) is 0 Å². The van der Waals surface area contributed by atoms with Crippen LogP contribution in [0.1, 0.15) is 45.8 Å². The van der Waals surface area contributed by atoms with E-state index in [0.29, 0.717) is 31.9 Å². The van der Waals surface area contributed by atoms with E-state index in [9.17, 15) is 9.90 Å². The molecule has 1 N–H and O–H groups in total. The molecule has 6 rings (SSSR count). The zero-order valence-corrected chi connectivity index (χ0v) is 21.3. The molecule has 6 heteroatoms. The van der Waals surface area contributed by atoms with Crippen molar-refractivity contribution in [2.75, 3.05) is 6.61 Å². The lowest BCUT2D eigenvalue weighted by Gasteiger charge is -2.12. The third-order valence-corrected chi connectivity index (χ3v) is 7.75. The maximum absolute atomic E-state index is 12.8. The molecule has 5 aromatic rings. The monoisotopic (exact) mass is 493 g/mol. The van der Waals surface area contributed by atoms with Crippen molar-refractivity contribution >= 4 is 27.6 Å². The predicted molar refractivity (Wildman–Crippen MR) is 146 cm³/mol. The molecule has 0 radical (unpaired) electrons. The Kier molecular flexibility index (Phi) is 6.05. The Hall–Kier alpha value is -3.90. The van der Waals surface area contributed by atoms with E-state index in [2.05, 4.69) is 61.5 Å². The van der Waals surface area contributed by atoms with Crippen LogP contribution in [0.2, 0.25) is 0 Å². The first-order valence-corrected chi connectivity index (χ1v) is 13.0. The molecule has 0 unspecified atom stereocenters.